The molecule has 2 unspecified atom stereocenters. The molecule has 2 rings (SSSR count). The van der Waals surface area contributed by atoms with E-state index in [0.29, 0.717) is 12.1 Å². The van der Waals surface area contributed by atoms with Gasteiger partial charge in [0.1, 0.15) is 5.82 Å². The van der Waals surface area contributed by atoms with Crippen LogP contribution in [0.15, 0.2) is 18.2 Å². The average molecular weight is 274 g/mol. The lowest BCUT2D eigenvalue weighted by molar-refractivity contribution is -0.140. The molecule has 0 spiro atoms. The van der Waals surface area contributed by atoms with Crippen LogP contribution in [0.2, 0.25) is 0 Å². The summed E-state index contributed by atoms with van der Waals surface area (Å²) in [7, 11) is 0. The standard InChI is InChI=1S/C14H14F4O/c1-8-3-2-4-10(8)13(19)9-5-6-11(12(15)7-9)14(16,17)18/h5-8,10H,2-4H2,1H3. The summed E-state index contributed by atoms with van der Waals surface area (Å²) in [5.74, 6) is -1.63. The van der Waals surface area contributed by atoms with Crippen molar-refractivity contribution in [3.8, 4) is 0 Å². The van der Waals surface area contributed by atoms with Gasteiger partial charge in [-0.1, -0.05) is 19.4 Å². The first-order valence-corrected chi connectivity index (χ1v) is 6.21. The van der Waals surface area contributed by atoms with Gasteiger partial charge in [-0.2, -0.15) is 13.2 Å². The largest absolute Gasteiger partial charge is 0.419 e. The third-order valence-corrected chi connectivity index (χ3v) is 3.76. The second kappa shape index (κ2) is 4.94. The van der Waals surface area contributed by atoms with Crippen molar-refractivity contribution >= 4 is 5.78 Å². The molecule has 1 saturated carbocycles. The van der Waals surface area contributed by atoms with E-state index in [2.05, 4.69) is 0 Å². The van der Waals surface area contributed by atoms with Gasteiger partial charge in [0.2, 0.25) is 0 Å². The number of hydrogen-bond donors (Lipinski definition) is 0. The highest BCUT2D eigenvalue weighted by Gasteiger charge is 2.35. The van der Waals surface area contributed by atoms with Crippen LogP contribution in [0.3, 0.4) is 0 Å². The van der Waals surface area contributed by atoms with Gasteiger partial charge in [-0.3, -0.25) is 4.79 Å². The number of carbonyl (C=O) groups is 1. The zero-order valence-electron chi connectivity index (χ0n) is 10.4. The Balaban J connectivity index is 2.27. The Bertz CT molecular complexity index is 493. The molecule has 19 heavy (non-hydrogen) atoms. The Morgan fingerprint density at radius 2 is 1.95 bits per heavy atom. The molecule has 0 heterocycles. The fraction of sp³-hybridized carbons (Fsp3) is 0.500. The van der Waals surface area contributed by atoms with Crippen molar-refractivity contribution in [2.45, 2.75) is 32.4 Å². The molecular formula is C14H14F4O. The third kappa shape index (κ3) is 2.80. The first-order chi connectivity index (χ1) is 8.80. The number of hydrogen-bond acceptors (Lipinski definition) is 1. The van der Waals surface area contributed by atoms with Crippen molar-refractivity contribution in [3.63, 3.8) is 0 Å². The summed E-state index contributed by atoms with van der Waals surface area (Å²) in [6.45, 7) is 1.94. The third-order valence-electron chi connectivity index (χ3n) is 3.76. The van der Waals surface area contributed by atoms with Gasteiger partial charge in [-0.15, -0.1) is 0 Å². The second-order valence-electron chi connectivity index (χ2n) is 5.07. The van der Waals surface area contributed by atoms with Gasteiger partial charge in [0.05, 0.1) is 5.56 Å². The van der Waals surface area contributed by atoms with Crippen LogP contribution in [0, 0.1) is 17.7 Å². The van der Waals surface area contributed by atoms with E-state index in [0.717, 1.165) is 25.3 Å². The van der Waals surface area contributed by atoms with Crippen molar-refractivity contribution in [3.05, 3.63) is 35.1 Å². The molecule has 0 aliphatic heterocycles. The summed E-state index contributed by atoms with van der Waals surface area (Å²) >= 11 is 0. The van der Waals surface area contributed by atoms with E-state index in [4.69, 9.17) is 0 Å². The summed E-state index contributed by atoms with van der Waals surface area (Å²) in [5, 5.41) is 0. The van der Waals surface area contributed by atoms with Crippen molar-refractivity contribution in [2.75, 3.05) is 0 Å². The average Bonchev–Trinajstić information content (AvgIpc) is 2.72. The number of alkyl halides is 3. The molecule has 0 radical (unpaired) electrons. The zero-order valence-corrected chi connectivity index (χ0v) is 10.4. The van der Waals surface area contributed by atoms with Crippen LogP contribution in [0.25, 0.3) is 0 Å². The predicted octanol–water partition coefficient (Wildman–Crippen LogP) is 4.46. The first kappa shape index (κ1) is 14.0. The quantitative estimate of drug-likeness (QED) is 0.574. The van der Waals surface area contributed by atoms with Crippen LogP contribution in [-0.4, -0.2) is 5.78 Å². The molecule has 104 valence electrons. The monoisotopic (exact) mass is 274 g/mol. The molecule has 1 aromatic carbocycles. The maximum atomic E-state index is 13.4. The molecule has 2 atom stereocenters. The van der Waals surface area contributed by atoms with E-state index in [9.17, 15) is 22.4 Å². The zero-order chi connectivity index (χ0) is 14.2. The molecule has 5 heteroatoms. The Morgan fingerprint density at radius 3 is 2.42 bits per heavy atom. The SMILES string of the molecule is CC1CCCC1C(=O)c1ccc(C(F)(F)F)c(F)c1. The number of halogens is 4. The number of benzene rings is 1. The highest BCUT2D eigenvalue weighted by atomic mass is 19.4. The molecule has 1 aliphatic carbocycles. The smallest absolute Gasteiger partial charge is 0.294 e. The molecule has 1 aromatic rings. The van der Waals surface area contributed by atoms with E-state index >= 15 is 0 Å². The molecule has 1 nitrogen and oxygen atoms in total. The number of Topliss-reactive ketones (excluding diaryl/α,β-unsaturated/α-hetero) is 1. The lowest BCUT2D eigenvalue weighted by atomic mass is 9.89. The van der Waals surface area contributed by atoms with Crippen molar-refractivity contribution in [1.82, 2.24) is 0 Å². The summed E-state index contributed by atoms with van der Waals surface area (Å²) in [5.41, 5.74) is -1.30. The van der Waals surface area contributed by atoms with E-state index in [-0.39, 0.29) is 23.2 Å². The summed E-state index contributed by atoms with van der Waals surface area (Å²) in [6, 6.07) is 2.41. The predicted molar refractivity (Wildman–Crippen MR) is 62.2 cm³/mol. The highest BCUT2D eigenvalue weighted by Crippen LogP contribution is 2.35. The number of rotatable bonds is 2. The van der Waals surface area contributed by atoms with Crippen LogP contribution >= 0.6 is 0 Å². The molecule has 1 fully saturated rings. The Morgan fingerprint density at radius 1 is 1.26 bits per heavy atom. The van der Waals surface area contributed by atoms with Gasteiger partial charge in [0.25, 0.3) is 0 Å². The van der Waals surface area contributed by atoms with E-state index < -0.39 is 17.6 Å². The Hall–Kier alpha value is -1.39. The molecule has 1 aliphatic rings. The Kier molecular flexibility index (Phi) is 3.65. The molecule has 0 saturated heterocycles. The van der Waals surface area contributed by atoms with Gasteiger partial charge in [0, 0.05) is 11.5 Å². The van der Waals surface area contributed by atoms with Crippen LogP contribution in [0.1, 0.15) is 42.1 Å². The molecule has 0 N–H and O–H groups in total. The molecular weight excluding hydrogens is 260 g/mol. The molecule has 0 aromatic heterocycles. The second-order valence-corrected chi connectivity index (χ2v) is 5.07. The summed E-state index contributed by atoms with van der Waals surface area (Å²) in [6.07, 6.45) is -2.14. The van der Waals surface area contributed by atoms with Crippen molar-refractivity contribution < 1.29 is 22.4 Å². The lowest BCUT2D eigenvalue weighted by Gasteiger charge is -2.15. The fourth-order valence-electron chi connectivity index (χ4n) is 2.65. The van der Waals surface area contributed by atoms with Crippen molar-refractivity contribution in [1.29, 1.82) is 0 Å². The summed E-state index contributed by atoms with van der Waals surface area (Å²) in [4.78, 5) is 12.1. The minimum absolute atomic E-state index is 0.0317. The normalized spacial score (nSPS) is 23.6. The first-order valence-electron chi connectivity index (χ1n) is 6.21. The minimum Gasteiger partial charge on any atom is -0.294 e. The van der Waals surface area contributed by atoms with Crippen molar-refractivity contribution in [2.24, 2.45) is 11.8 Å². The van der Waals surface area contributed by atoms with Crippen LogP contribution in [-0.2, 0) is 6.18 Å². The highest BCUT2D eigenvalue weighted by molar-refractivity contribution is 5.98. The summed E-state index contributed by atoms with van der Waals surface area (Å²) < 4.78 is 50.7. The molecule has 0 amide bonds. The van der Waals surface area contributed by atoms with E-state index in [1.165, 1.54) is 0 Å². The van der Waals surface area contributed by atoms with Gasteiger partial charge >= 0.3 is 6.18 Å². The lowest BCUT2D eigenvalue weighted by Crippen LogP contribution is -2.18. The van der Waals surface area contributed by atoms with Crippen LogP contribution < -0.4 is 0 Å². The molecule has 0 bridgehead atoms. The van der Waals surface area contributed by atoms with E-state index in [1.54, 1.807) is 0 Å². The Labute approximate surface area is 108 Å². The minimum atomic E-state index is -4.73. The number of ketones is 1. The topological polar surface area (TPSA) is 17.1 Å². The fourth-order valence-corrected chi connectivity index (χ4v) is 2.65. The van der Waals surface area contributed by atoms with Gasteiger partial charge in [-0.05, 0) is 30.9 Å². The van der Waals surface area contributed by atoms with E-state index in [1.807, 2.05) is 6.92 Å². The maximum absolute atomic E-state index is 13.4. The van der Waals surface area contributed by atoms with Gasteiger partial charge in [0.15, 0.2) is 5.78 Å². The van der Waals surface area contributed by atoms with Gasteiger partial charge in [-0.25, -0.2) is 4.39 Å². The maximum Gasteiger partial charge on any atom is 0.419 e. The van der Waals surface area contributed by atoms with Gasteiger partial charge < -0.3 is 0 Å². The van der Waals surface area contributed by atoms with Crippen LogP contribution in [0.4, 0.5) is 17.6 Å². The number of carbonyl (C=O) groups excluding carboxylic acids is 1. The van der Waals surface area contributed by atoms with Crippen LogP contribution in [0.5, 0.6) is 0 Å².